The fourth-order valence-corrected chi connectivity index (χ4v) is 2.43. The minimum atomic E-state index is -0.187. The molecule has 0 bridgehead atoms. The van der Waals surface area contributed by atoms with Crippen molar-refractivity contribution in [2.75, 3.05) is 32.9 Å². The molecule has 1 rings (SSSR count). The first kappa shape index (κ1) is 11.9. The van der Waals surface area contributed by atoms with Gasteiger partial charge in [0, 0.05) is 31.7 Å². The Balaban J connectivity index is 2.56. The molecule has 0 spiro atoms. The minimum absolute atomic E-state index is 0.187. The fourth-order valence-electron chi connectivity index (χ4n) is 2.43. The van der Waals surface area contributed by atoms with E-state index in [0.29, 0.717) is 6.42 Å². The number of hydrogen-bond donors (Lipinski definition) is 1. The molecule has 0 atom stereocenters. The van der Waals surface area contributed by atoms with E-state index in [0.717, 1.165) is 39.0 Å². The van der Waals surface area contributed by atoms with Crippen LogP contribution in [0.3, 0.4) is 0 Å². The van der Waals surface area contributed by atoms with Gasteiger partial charge in [0.05, 0.1) is 6.67 Å². The molecule has 2 nitrogen and oxygen atoms in total. The van der Waals surface area contributed by atoms with Crippen molar-refractivity contribution in [3.63, 3.8) is 0 Å². The van der Waals surface area contributed by atoms with E-state index in [9.17, 15) is 4.39 Å². The standard InChI is InChI=1S/C11H23FN2/c1-3-11(4-2)10-13-7-9-14(11)8-5-6-12/h13H,3-10H2,1-2H3. The van der Waals surface area contributed by atoms with Gasteiger partial charge in [-0.05, 0) is 19.3 Å². The summed E-state index contributed by atoms with van der Waals surface area (Å²) in [5, 5.41) is 3.45. The van der Waals surface area contributed by atoms with Crippen molar-refractivity contribution in [1.82, 2.24) is 10.2 Å². The highest BCUT2D eigenvalue weighted by molar-refractivity contribution is 4.93. The lowest BCUT2D eigenvalue weighted by Crippen LogP contribution is -2.60. The largest absolute Gasteiger partial charge is 0.314 e. The average Bonchev–Trinajstić information content (AvgIpc) is 2.26. The summed E-state index contributed by atoms with van der Waals surface area (Å²) >= 11 is 0. The summed E-state index contributed by atoms with van der Waals surface area (Å²) in [6.07, 6.45) is 2.99. The zero-order valence-electron chi connectivity index (χ0n) is 9.48. The van der Waals surface area contributed by atoms with Crippen LogP contribution >= 0.6 is 0 Å². The lowest BCUT2D eigenvalue weighted by molar-refractivity contribution is 0.0495. The van der Waals surface area contributed by atoms with Crippen molar-refractivity contribution in [2.24, 2.45) is 0 Å². The third-order valence-corrected chi connectivity index (χ3v) is 3.56. The Morgan fingerprint density at radius 1 is 1.36 bits per heavy atom. The maximum Gasteiger partial charge on any atom is 0.0906 e. The molecule has 0 aromatic carbocycles. The van der Waals surface area contributed by atoms with E-state index < -0.39 is 0 Å². The molecule has 0 aromatic heterocycles. The first-order chi connectivity index (χ1) is 6.79. The molecule has 0 radical (unpaired) electrons. The topological polar surface area (TPSA) is 15.3 Å². The number of nitrogens with one attached hydrogen (secondary N) is 1. The number of rotatable bonds is 5. The number of alkyl halides is 1. The molecular formula is C11H23FN2. The van der Waals surface area contributed by atoms with E-state index >= 15 is 0 Å². The van der Waals surface area contributed by atoms with Crippen LogP contribution < -0.4 is 5.32 Å². The van der Waals surface area contributed by atoms with Gasteiger partial charge >= 0.3 is 0 Å². The zero-order valence-corrected chi connectivity index (χ0v) is 9.48. The molecule has 1 N–H and O–H groups in total. The molecule has 0 amide bonds. The van der Waals surface area contributed by atoms with Gasteiger partial charge in [0.1, 0.15) is 0 Å². The highest BCUT2D eigenvalue weighted by Gasteiger charge is 2.34. The first-order valence-electron chi connectivity index (χ1n) is 5.81. The average molecular weight is 202 g/mol. The molecule has 1 fully saturated rings. The molecular weight excluding hydrogens is 179 g/mol. The van der Waals surface area contributed by atoms with E-state index in [4.69, 9.17) is 0 Å². The quantitative estimate of drug-likeness (QED) is 0.731. The van der Waals surface area contributed by atoms with Gasteiger partial charge in [0.2, 0.25) is 0 Å². The van der Waals surface area contributed by atoms with E-state index in [1.54, 1.807) is 0 Å². The van der Waals surface area contributed by atoms with Crippen molar-refractivity contribution >= 4 is 0 Å². The van der Waals surface area contributed by atoms with Crippen LogP contribution in [-0.4, -0.2) is 43.3 Å². The number of halogens is 1. The van der Waals surface area contributed by atoms with Crippen LogP contribution in [-0.2, 0) is 0 Å². The van der Waals surface area contributed by atoms with Crippen LogP contribution in [0.15, 0.2) is 0 Å². The van der Waals surface area contributed by atoms with Gasteiger partial charge in [-0.2, -0.15) is 0 Å². The van der Waals surface area contributed by atoms with Gasteiger partial charge in [-0.3, -0.25) is 9.29 Å². The molecule has 1 saturated heterocycles. The predicted molar refractivity (Wildman–Crippen MR) is 58.3 cm³/mol. The number of hydrogen-bond acceptors (Lipinski definition) is 2. The summed E-state index contributed by atoms with van der Waals surface area (Å²) in [4.78, 5) is 2.48. The summed E-state index contributed by atoms with van der Waals surface area (Å²) in [6.45, 7) is 8.38. The van der Waals surface area contributed by atoms with E-state index in [-0.39, 0.29) is 12.2 Å². The Kier molecular flexibility index (Phi) is 4.82. The number of nitrogens with zero attached hydrogens (tertiary/aromatic N) is 1. The molecule has 14 heavy (non-hydrogen) atoms. The molecule has 0 saturated carbocycles. The van der Waals surface area contributed by atoms with Crippen LogP contribution in [0, 0.1) is 0 Å². The van der Waals surface area contributed by atoms with Crippen molar-refractivity contribution < 1.29 is 4.39 Å². The summed E-state index contributed by atoms with van der Waals surface area (Å²) in [5.74, 6) is 0. The van der Waals surface area contributed by atoms with Crippen LogP contribution in [0.1, 0.15) is 33.1 Å². The predicted octanol–water partition coefficient (Wildman–Crippen LogP) is 1.81. The summed E-state index contributed by atoms with van der Waals surface area (Å²) in [6, 6.07) is 0. The number of piperazine rings is 1. The third-order valence-electron chi connectivity index (χ3n) is 3.56. The molecule has 0 aliphatic carbocycles. The SMILES string of the molecule is CCC1(CC)CNCCN1CCCF. The minimum Gasteiger partial charge on any atom is -0.314 e. The maximum absolute atomic E-state index is 12.2. The third kappa shape index (κ3) is 2.45. The van der Waals surface area contributed by atoms with Crippen molar-refractivity contribution in [1.29, 1.82) is 0 Å². The second-order valence-corrected chi connectivity index (χ2v) is 4.14. The fraction of sp³-hybridized carbons (Fsp3) is 1.00. The van der Waals surface area contributed by atoms with Crippen molar-refractivity contribution in [2.45, 2.75) is 38.6 Å². The van der Waals surface area contributed by atoms with Crippen LogP contribution in [0.4, 0.5) is 4.39 Å². The molecule has 1 heterocycles. The van der Waals surface area contributed by atoms with E-state index in [1.807, 2.05) is 0 Å². The van der Waals surface area contributed by atoms with E-state index in [1.165, 1.54) is 0 Å². The Morgan fingerprint density at radius 2 is 2.07 bits per heavy atom. The second kappa shape index (κ2) is 5.66. The van der Waals surface area contributed by atoms with Crippen LogP contribution in [0.2, 0.25) is 0 Å². The second-order valence-electron chi connectivity index (χ2n) is 4.14. The molecule has 3 heteroatoms. The highest BCUT2D eigenvalue weighted by atomic mass is 19.1. The molecule has 0 aromatic rings. The van der Waals surface area contributed by atoms with Crippen LogP contribution in [0.25, 0.3) is 0 Å². The van der Waals surface area contributed by atoms with Crippen LogP contribution in [0.5, 0.6) is 0 Å². The Bertz CT molecular complexity index is 157. The Morgan fingerprint density at radius 3 is 2.64 bits per heavy atom. The van der Waals surface area contributed by atoms with Gasteiger partial charge in [-0.15, -0.1) is 0 Å². The van der Waals surface area contributed by atoms with Crippen molar-refractivity contribution in [3.8, 4) is 0 Å². The smallest absolute Gasteiger partial charge is 0.0906 e. The monoisotopic (exact) mass is 202 g/mol. The summed E-state index contributed by atoms with van der Waals surface area (Å²) in [7, 11) is 0. The first-order valence-corrected chi connectivity index (χ1v) is 5.81. The van der Waals surface area contributed by atoms with Gasteiger partial charge in [-0.1, -0.05) is 13.8 Å². The van der Waals surface area contributed by atoms with Gasteiger partial charge in [0.15, 0.2) is 0 Å². The lowest BCUT2D eigenvalue weighted by Gasteiger charge is -2.47. The highest BCUT2D eigenvalue weighted by Crippen LogP contribution is 2.25. The summed E-state index contributed by atoms with van der Waals surface area (Å²) in [5.41, 5.74) is 0.285. The Hall–Kier alpha value is -0.150. The zero-order chi connectivity index (χ0) is 10.4. The van der Waals surface area contributed by atoms with Gasteiger partial charge < -0.3 is 5.32 Å². The molecule has 1 aliphatic rings. The van der Waals surface area contributed by atoms with E-state index in [2.05, 4.69) is 24.1 Å². The van der Waals surface area contributed by atoms with Gasteiger partial charge in [0.25, 0.3) is 0 Å². The molecule has 1 aliphatic heterocycles. The van der Waals surface area contributed by atoms with Gasteiger partial charge in [-0.25, -0.2) is 0 Å². The lowest BCUT2D eigenvalue weighted by atomic mass is 9.88. The molecule has 0 unspecified atom stereocenters. The normalized spacial score (nSPS) is 22.5. The summed E-state index contributed by atoms with van der Waals surface area (Å²) < 4.78 is 12.2. The van der Waals surface area contributed by atoms with Crippen molar-refractivity contribution in [3.05, 3.63) is 0 Å². The maximum atomic E-state index is 12.2. The Labute approximate surface area is 86.9 Å². The molecule has 84 valence electrons.